The van der Waals surface area contributed by atoms with Crippen molar-refractivity contribution in [2.24, 2.45) is 7.05 Å². The summed E-state index contributed by atoms with van der Waals surface area (Å²) in [4.78, 5) is 4.41. The van der Waals surface area contributed by atoms with Crippen LogP contribution in [0.15, 0.2) is 24.4 Å². The van der Waals surface area contributed by atoms with Crippen LogP contribution in [0.4, 0.5) is 0 Å². The van der Waals surface area contributed by atoms with Crippen LogP contribution in [0.25, 0.3) is 0 Å². The summed E-state index contributed by atoms with van der Waals surface area (Å²) in [6.45, 7) is 3.88. The summed E-state index contributed by atoms with van der Waals surface area (Å²) in [5.74, 6) is 0. The maximum absolute atomic E-state index is 5.40. The molecule has 4 heteroatoms. The molecule has 0 aliphatic carbocycles. The van der Waals surface area contributed by atoms with Crippen LogP contribution in [0.5, 0.6) is 0 Å². The quantitative estimate of drug-likeness (QED) is 0.842. The van der Waals surface area contributed by atoms with Gasteiger partial charge in [-0.2, -0.15) is 0 Å². The highest BCUT2D eigenvalue weighted by Crippen LogP contribution is 2.26. The molecular weight excluding hydrogens is 202 g/mol. The zero-order valence-corrected chi connectivity index (χ0v) is 9.94. The molecule has 1 unspecified atom stereocenters. The number of ether oxygens (including phenoxy) is 1. The number of imidazole rings is 1. The van der Waals surface area contributed by atoms with Crippen molar-refractivity contribution < 1.29 is 4.74 Å². The Morgan fingerprint density at radius 3 is 3.06 bits per heavy atom. The van der Waals surface area contributed by atoms with Crippen molar-refractivity contribution in [2.75, 3.05) is 13.2 Å². The molecule has 0 fully saturated rings. The molecule has 1 aromatic rings. The summed E-state index contributed by atoms with van der Waals surface area (Å²) >= 11 is 0. The minimum atomic E-state index is 0.200. The van der Waals surface area contributed by atoms with Gasteiger partial charge in [0.05, 0.1) is 30.9 Å². The molecule has 16 heavy (non-hydrogen) atoms. The zero-order valence-electron chi connectivity index (χ0n) is 9.94. The van der Waals surface area contributed by atoms with Gasteiger partial charge in [-0.15, -0.1) is 0 Å². The van der Waals surface area contributed by atoms with Gasteiger partial charge in [0, 0.05) is 13.2 Å². The first kappa shape index (κ1) is 11.2. The predicted molar refractivity (Wildman–Crippen MR) is 62.9 cm³/mol. The Morgan fingerprint density at radius 2 is 2.50 bits per heavy atom. The van der Waals surface area contributed by atoms with Gasteiger partial charge in [0.25, 0.3) is 0 Å². The van der Waals surface area contributed by atoms with Crippen LogP contribution in [-0.4, -0.2) is 22.7 Å². The molecule has 2 rings (SSSR count). The van der Waals surface area contributed by atoms with E-state index >= 15 is 0 Å². The Morgan fingerprint density at radius 1 is 1.62 bits per heavy atom. The molecule has 1 aliphatic rings. The van der Waals surface area contributed by atoms with Gasteiger partial charge in [-0.05, 0) is 25.0 Å². The summed E-state index contributed by atoms with van der Waals surface area (Å²) in [6, 6.07) is 0.200. The van der Waals surface area contributed by atoms with E-state index < -0.39 is 0 Å². The first-order valence-electron chi connectivity index (χ1n) is 5.83. The lowest BCUT2D eigenvalue weighted by atomic mass is 10.00. The van der Waals surface area contributed by atoms with Gasteiger partial charge in [0.2, 0.25) is 0 Å². The fourth-order valence-electron chi connectivity index (χ4n) is 2.01. The average Bonchev–Trinajstić information content (AvgIpc) is 2.74. The molecule has 2 heterocycles. The second kappa shape index (κ2) is 5.16. The Hall–Kier alpha value is -1.29. The van der Waals surface area contributed by atoms with E-state index in [2.05, 4.69) is 23.4 Å². The number of nitrogens with zero attached hydrogens (tertiary/aromatic N) is 2. The van der Waals surface area contributed by atoms with Gasteiger partial charge in [0.1, 0.15) is 0 Å². The largest absolute Gasteiger partial charge is 0.501 e. The highest BCUT2D eigenvalue weighted by molar-refractivity contribution is 5.20. The summed E-state index contributed by atoms with van der Waals surface area (Å²) in [5.41, 5.74) is 2.37. The third kappa shape index (κ3) is 2.44. The topological polar surface area (TPSA) is 39.1 Å². The highest BCUT2D eigenvalue weighted by atomic mass is 16.5. The first-order valence-corrected chi connectivity index (χ1v) is 5.83. The molecule has 0 saturated heterocycles. The number of likely N-dealkylation sites (N-methyl/N-ethyl adjacent to an activating group) is 1. The summed E-state index contributed by atoms with van der Waals surface area (Å²) in [6.07, 6.45) is 7.98. The number of nitrogens with one attached hydrogen (secondary N) is 1. The molecule has 1 aromatic heterocycles. The van der Waals surface area contributed by atoms with E-state index in [1.165, 1.54) is 5.57 Å². The lowest BCUT2D eigenvalue weighted by Crippen LogP contribution is -2.24. The number of hydrogen-bond donors (Lipinski definition) is 1. The Labute approximate surface area is 96.3 Å². The van der Waals surface area contributed by atoms with Crippen molar-refractivity contribution in [1.29, 1.82) is 0 Å². The third-order valence-electron chi connectivity index (χ3n) is 2.76. The van der Waals surface area contributed by atoms with Gasteiger partial charge in [0.15, 0.2) is 0 Å². The molecule has 0 bridgehead atoms. The standard InChI is InChI=1S/C12H19N3O/c1-3-13-12(10-5-4-6-16-8-10)11-7-15(2)9-14-11/h7-9,12-13H,3-6H2,1-2H3. The molecule has 1 aliphatic heterocycles. The molecule has 0 spiro atoms. The highest BCUT2D eigenvalue weighted by Gasteiger charge is 2.19. The Kier molecular flexibility index (Phi) is 3.62. The second-order valence-corrected chi connectivity index (χ2v) is 4.12. The van der Waals surface area contributed by atoms with Crippen molar-refractivity contribution in [3.05, 3.63) is 30.1 Å². The Balaban J connectivity index is 2.19. The number of aryl methyl sites for hydroxylation is 1. The smallest absolute Gasteiger partial charge is 0.0947 e. The van der Waals surface area contributed by atoms with E-state index in [1.807, 2.05) is 24.2 Å². The zero-order chi connectivity index (χ0) is 11.4. The molecule has 0 saturated carbocycles. The molecule has 0 aromatic carbocycles. The van der Waals surface area contributed by atoms with E-state index in [9.17, 15) is 0 Å². The van der Waals surface area contributed by atoms with E-state index in [1.54, 1.807) is 0 Å². The fraction of sp³-hybridized carbons (Fsp3) is 0.583. The van der Waals surface area contributed by atoms with Crippen molar-refractivity contribution in [3.63, 3.8) is 0 Å². The summed E-state index contributed by atoms with van der Waals surface area (Å²) < 4.78 is 7.38. The van der Waals surface area contributed by atoms with Crippen molar-refractivity contribution in [2.45, 2.75) is 25.8 Å². The summed E-state index contributed by atoms with van der Waals surface area (Å²) in [5, 5.41) is 3.46. The minimum absolute atomic E-state index is 0.200. The van der Waals surface area contributed by atoms with Gasteiger partial charge in [-0.1, -0.05) is 6.92 Å². The number of aromatic nitrogens is 2. The Bertz CT molecular complexity index is 370. The van der Waals surface area contributed by atoms with E-state index in [0.717, 1.165) is 31.7 Å². The SMILES string of the molecule is CCNC(C1=COCCC1)c1cn(C)cn1. The number of hydrogen-bond acceptors (Lipinski definition) is 3. The second-order valence-electron chi connectivity index (χ2n) is 4.12. The monoisotopic (exact) mass is 221 g/mol. The fourth-order valence-corrected chi connectivity index (χ4v) is 2.01. The average molecular weight is 221 g/mol. The first-order chi connectivity index (χ1) is 7.81. The third-order valence-corrected chi connectivity index (χ3v) is 2.76. The van der Waals surface area contributed by atoms with Crippen LogP contribution in [0.2, 0.25) is 0 Å². The van der Waals surface area contributed by atoms with Crippen LogP contribution in [-0.2, 0) is 11.8 Å². The van der Waals surface area contributed by atoms with Crippen molar-refractivity contribution in [1.82, 2.24) is 14.9 Å². The van der Waals surface area contributed by atoms with Crippen molar-refractivity contribution >= 4 is 0 Å². The lowest BCUT2D eigenvalue weighted by molar-refractivity contribution is 0.219. The maximum Gasteiger partial charge on any atom is 0.0947 e. The molecule has 1 atom stereocenters. The van der Waals surface area contributed by atoms with E-state index in [-0.39, 0.29) is 6.04 Å². The summed E-state index contributed by atoms with van der Waals surface area (Å²) in [7, 11) is 1.99. The van der Waals surface area contributed by atoms with Gasteiger partial charge in [-0.3, -0.25) is 0 Å². The normalized spacial score (nSPS) is 17.8. The number of rotatable bonds is 4. The van der Waals surface area contributed by atoms with E-state index in [4.69, 9.17) is 4.74 Å². The molecule has 88 valence electrons. The van der Waals surface area contributed by atoms with Gasteiger partial charge >= 0.3 is 0 Å². The van der Waals surface area contributed by atoms with Crippen LogP contribution >= 0.6 is 0 Å². The van der Waals surface area contributed by atoms with Crippen LogP contribution in [0.3, 0.4) is 0 Å². The molecule has 4 nitrogen and oxygen atoms in total. The van der Waals surface area contributed by atoms with E-state index in [0.29, 0.717) is 0 Å². The van der Waals surface area contributed by atoms with Crippen LogP contribution < -0.4 is 5.32 Å². The lowest BCUT2D eigenvalue weighted by Gasteiger charge is -2.22. The van der Waals surface area contributed by atoms with Crippen molar-refractivity contribution in [3.8, 4) is 0 Å². The van der Waals surface area contributed by atoms with Crippen LogP contribution in [0, 0.1) is 0 Å². The minimum Gasteiger partial charge on any atom is -0.501 e. The molecule has 1 N–H and O–H groups in total. The van der Waals surface area contributed by atoms with Gasteiger partial charge < -0.3 is 14.6 Å². The van der Waals surface area contributed by atoms with Gasteiger partial charge in [-0.25, -0.2) is 4.98 Å². The maximum atomic E-state index is 5.40. The molecule has 0 radical (unpaired) electrons. The molecular formula is C12H19N3O. The molecule has 0 amide bonds. The predicted octanol–water partition coefficient (Wildman–Crippen LogP) is 1.76. The van der Waals surface area contributed by atoms with Crippen LogP contribution in [0.1, 0.15) is 31.5 Å².